The van der Waals surface area contributed by atoms with E-state index in [0.717, 1.165) is 11.1 Å². The summed E-state index contributed by atoms with van der Waals surface area (Å²) < 4.78 is 42.4. The van der Waals surface area contributed by atoms with Crippen molar-refractivity contribution in [2.75, 3.05) is 7.05 Å². The van der Waals surface area contributed by atoms with Crippen LogP contribution in [0.4, 0.5) is 8.78 Å². The maximum absolute atomic E-state index is 16.6. The molecule has 1 fully saturated rings. The van der Waals surface area contributed by atoms with Gasteiger partial charge < -0.3 is 14.5 Å². The Balaban J connectivity index is 1.20. The Morgan fingerprint density at radius 1 is 0.918 bits per heavy atom. The number of furan rings is 1. The van der Waals surface area contributed by atoms with Gasteiger partial charge in [0.15, 0.2) is 5.78 Å². The van der Waals surface area contributed by atoms with Crippen LogP contribution in [0.2, 0.25) is 0 Å². The molecule has 1 N–H and O–H groups in total. The number of halogens is 2. The van der Waals surface area contributed by atoms with Gasteiger partial charge in [-0.15, -0.1) is 0 Å². The molecule has 0 saturated heterocycles. The Morgan fingerprint density at radius 2 is 1.65 bits per heavy atom. The van der Waals surface area contributed by atoms with Crippen molar-refractivity contribution in [2.45, 2.75) is 44.3 Å². The number of Topliss-reactive ketones (excluding diaryl/α,β-unsaturated/α-hetero) is 1. The number of carbonyl (C=O) groups excluding carboxylic acids is 2. The number of rotatable bonds is 10. The number of nitrogens with zero attached hydrogens (tertiary/aromatic N) is 2. The predicted octanol–water partition coefficient (Wildman–Crippen LogP) is 8.39. The lowest BCUT2D eigenvalue weighted by Crippen LogP contribution is -2.48. The lowest BCUT2D eigenvalue weighted by Gasteiger charge is -2.45. The third kappa shape index (κ3) is 6.13. The van der Waals surface area contributed by atoms with E-state index in [1.54, 1.807) is 48.8 Å². The van der Waals surface area contributed by atoms with Gasteiger partial charge in [0.05, 0.1) is 23.7 Å². The van der Waals surface area contributed by atoms with Crippen LogP contribution >= 0.6 is 0 Å². The zero-order valence-corrected chi connectivity index (χ0v) is 27.0. The first-order valence-electron chi connectivity index (χ1n) is 16.1. The number of aryl methyl sites for hydroxylation is 1. The van der Waals surface area contributed by atoms with Crippen LogP contribution < -0.4 is 5.32 Å². The second-order valence-corrected chi connectivity index (χ2v) is 12.5. The second-order valence-electron chi connectivity index (χ2n) is 12.5. The van der Waals surface area contributed by atoms with E-state index in [2.05, 4.69) is 15.3 Å². The fraction of sp³-hybridized carbons (Fsp3) is 0.200. The van der Waals surface area contributed by atoms with Crippen LogP contribution in [-0.4, -0.2) is 34.8 Å². The molecule has 2 heterocycles. The van der Waals surface area contributed by atoms with E-state index in [9.17, 15) is 14.0 Å². The van der Waals surface area contributed by atoms with Crippen molar-refractivity contribution in [2.24, 2.45) is 0 Å². The van der Waals surface area contributed by atoms with E-state index in [1.165, 1.54) is 31.3 Å². The molecule has 1 amide bonds. The largest absolute Gasteiger partial charge is 0.455 e. The van der Waals surface area contributed by atoms with Crippen molar-refractivity contribution >= 4 is 22.7 Å². The molecule has 0 atom stereocenters. The quantitative estimate of drug-likeness (QED) is 0.149. The number of ketones is 1. The van der Waals surface area contributed by atoms with E-state index in [4.69, 9.17) is 9.15 Å². The number of hydrogen-bond donors (Lipinski definition) is 1. The predicted molar refractivity (Wildman–Crippen MR) is 182 cm³/mol. The molecule has 0 aliphatic heterocycles. The number of fused-ring (bicyclic) bond motifs is 1. The second kappa shape index (κ2) is 13.2. The molecule has 1 aliphatic rings. The van der Waals surface area contributed by atoms with Gasteiger partial charge >= 0.3 is 0 Å². The summed E-state index contributed by atoms with van der Waals surface area (Å²) in [5, 5.41) is 2.57. The molecular formula is C40H33F2N3O4. The molecule has 6 aromatic rings. The van der Waals surface area contributed by atoms with Crippen LogP contribution in [0.5, 0.6) is 0 Å². The normalized spacial score (nSPS) is 17.1. The molecule has 0 bridgehead atoms. The van der Waals surface area contributed by atoms with E-state index in [-0.39, 0.29) is 46.2 Å². The van der Waals surface area contributed by atoms with E-state index in [0.29, 0.717) is 42.0 Å². The molecule has 4 aromatic carbocycles. The fourth-order valence-electron chi connectivity index (χ4n) is 6.70. The van der Waals surface area contributed by atoms with Crippen LogP contribution in [0.1, 0.15) is 56.9 Å². The molecule has 0 spiro atoms. The zero-order valence-electron chi connectivity index (χ0n) is 27.0. The van der Waals surface area contributed by atoms with Crippen molar-refractivity contribution < 1.29 is 27.5 Å². The number of aromatic nitrogens is 2. The Bertz CT molecular complexity index is 2160. The standard InChI is InChI=1S/C40H33F2N3O4/c1-24-9-10-27(32(46)22-40(39-44-17-6-18-45-39)20-29(21-40)48-23-25-7-4-3-5-8-25)19-31(24)30-15-16-33-34(36(30)42)35(38(47)43-2)37(49-33)26-11-13-28(41)14-12-26/h3-19,29H,20-23H2,1-2H3,(H,43,47). The lowest BCUT2D eigenvalue weighted by atomic mass is 9.63. The number of amides is 1. The third-order valence-electron chi connectivity index (χ3n) is 9.31. The summed E-state index contributed by atoms with van der Waals surface area (Å²) >= 11 is 0. The highest BCUT2D eigenvalue weighted by Crippen LogP contribution is 2.48. The highest BCUT2D eigenvalue weighted by Gasteiger charge is 2.49. The van der Waals surface area contributed by atoms with Crippen molar-refractivity contribution in [3.05, 3.63) is 143 Å². The number of carbonyl (C=O) groups is 2. The molecule has 7 rings (SSSR count). The molecule has 0 radical (unpaired) electrons. The molecule has 0 unspecified atom stereocenters. The molecule has 2 aromatic heterocycles. The van der Waals surface area contributed by atoms with Crippen molar-refractivity contribution in [1.29, 1.82) is 0 Å². The van der Waals surface area contributed by atoms with Gasteiger partial charge in [0, 0.05) is 48.0 Å². The monoisotopic (exact) mass is 657 g/mol. The highest BCUT2D eigenvalue weighted by atomic mass is 19.1. The first-order chi connectivity index (χ1) is 23.8. The van der Waals surface area contributed by atoms with Crippen LogP contribution in [0.15, 0.2) is 108 Å². The minimum Gasteiger partial charge on any atom is -0.455 e. The molecule has 49 heavy (non-hydrogen) atoms. The Morgan fingerprint density at radius 3 is 2.37 bits per heavy atom. The Labute approximate surface area is 282 Å². The minimum atomic E-state index is -0.660. The van der Waals surface area contributed by atoms with Gasteiger partial charge in [0.25, 0.3) is 5.91 Å². The van der Waals surface area contributed by atoms with E-state index in [1.807, 2.05) is 37.3 Å². The van der Waals surface area contributed by atoms with Crippen LogP contribution in [0.25, 0.3) is 33.4 Å². The fourth-order valence-corrected chi connectivity index (χ4v) is 6.70. The average Bonchev–Trinajstić information content (AvgIpc) is 3.51. The average molecular weight is 658 g/mol. The number of ether oxygens (including phenoxy) is 1. The van der Waals surface area contributed by atoms with Crippen LogP contribution in [-0.2, 0) is 16.8 Å². The van der Waals surface area contributed by atoms with E-state index < -0.39 is 23.0 Å². The van der Waals surface area contributed by atoms with E-state index >= 15 is 4.39 Å². The zero-order chi connectivity index (χ0) is 34.1. The highest BCUT2D eigenvalue weighted by molar-refractivity contribution is 6.12. The van der Waals surface area contributed by atoms with Crippen LogP contribution in [0, 0.1) is 18.6 Å². The first-order valence-corrected chi connectivity index (χ1v) is 16.1. The van der Waals surface area contributed by atoms with Gasteiger partial charge in [-0.1, -0.05) is 42.5 Å². The Kier molecular flexibility index (Phi) is 8.60. The van der Waals surface area contributed by atoms with Gasteiger partial charge in [-0.2, -0.15) is 0 Å². The van der Waals surface area contributed by atoms with Crippen molar-refractivity contribution in [3.8, 4) is 22.5 Å². The third-order valence-corrected chi connectivity index (χ3v) is 9.31. The summed E-state index contributed by atoms with van der Waals surface area (Å²) in [5.41, 5.74) is 3.00. The van der Waals surface area contributed by atoms with Crippen LogP contribution in [0.3, 0.4) is 0 Å². The summed E-state index contributed by atoms with van der Waals surface area (Å²) in [5.74, 6) is -1.04. The first kappa shape index (κ1) is 32.0. The van der Waals surface area contributed by atoms with Crippen molar-refractivity contribution in [3.63, 3.8) is 0 Å². The van der Waals surface area contributed by atoms with Gasteiger partial charge in [0.2, 0.25) is 0 Å². The van der Waals surface area contributed by atoms with Gasteiger partial charge in [-0.05, 0) is 85.0 Å². The lowest BCUT2D eigenvalue weighted by molar-refractivity contribution is -0.0582. The van der Waals surface area contributed by atoms with Gasteiger partial charge in [-0.3, -0.25) is 9.59 Å². The smallest absolute Gasteiger partial charge is 0.255 e. The van der Waals surface area contributed by atoms with Gasteiger partial charge in [-0.25, -0.2) is 18.7 Å². The molecule has 246 valence electrons. The molecule has 9 heteroatoms. The summed E-state index contributed by atoms with van der Waals surface area (Å²) in [6.07, 6.45) is 4.67. The SMILES string of the molecule is CNC(=O)c1c(-c2ccc(F)cc2)oc2ccc(-c3cc(C(=O)CC4(c5ncccn5)CC(OCc5ccccc5)C4)ccc3C)c(F)c12. The van der Waals surface area contributed by atoms with Gasteiger partial charge in [0.1, 0.15) is 28.8 Å². The topological polar surface area (TPSA) is 94.3 Å². The maximum Gasteiger partial charge on any atom is 0.255 e. The summed E-state index contributed by atoms with van der Waals surface area (Å²) in [6, 6.07) is 25.6. The summed E-state index contributed by atoms with van der Waals surface area (Å²) in [7, 11) is 1.45. The molecule has 1 aliphatic carbocycles. The minimum absolute atomic E-state index is 0.00324. The maximum atomic E-state index is 16.6. The number of benzene rings is 4. The number of nitrogens with one attached hydrogen (secondary N) is 1. The molecular weight excluding hydrogens is 624 g/mol. The summed E-state index contributed by atoms with van der Waals surface area (Å²) in [6.45, 7) is 2.32. The Hall–Kier alpha value is -5.54. The molecule has 7 nitrogen and oxygen atoms in total. The number of hydrogen-bond acceptors (Lipinski definition) is 6. The molecule has 1 saturated carbocycles. The summed E-state index contributed by atoms with van der Waals surface area (Å²) in [4.78, 5) is 36.1. The van der Waals surface area contributed by atoms with Crippen molar-refractivity contribution in [1.82, 2.24) is 15.3 Å².